The standard InChI is InChI=1S/C30H41ClN2O2/c1-2-3-4-5-6-7-8-9-10-11-12-13-14-15-24-34-28-22-18-26(19-23-28)30-33-32-29(35-30)25-16-20-27(31)21-17-25/h16-23H,2-15,24H2,1H3. The zero-order chi connectivity index (χ0) is 24.6. The van der Waals surface area contributed by atoms with E-state index in [0.717, 1.165) is 29.9 Å². The van der Waals surface area contributed by atoms with Crippen molar-refractivity contribution >= 4 is 11.6 Å². The second-order valence-electron chi connectivity index (χ2n) is 9.39. The predicted octanol–water partition coefficient (Wildman–Crippen LogP) is 9.92. The van der Waals surface area contributed by atoms with Gasteiger partial charge in [0.2, 0.25) is 11.8 Å². The summed E-state index contributed by atoms with van der Waals surface area (Å²) >= 11 is 5.94. The van der Waals surface area contributed by atoms with Crippen LogP contribution < -0.4 is 4.74 Å². The number of unbranched alkanes of at least 4 members (excludes halogenated alkanes) is 13. The first-order valence-corrected chi connectivity index (χ1v) is 14.0. The smallest absolute Gasteiger partial charge is 0.248 e. The number of ether oxygens (including phenoxy) is 1. The van der Waals surface area contributed by atoms with E-state index in [1.807, 2.05) is 48.5 Å². The summed E-state index contributed by atoms with van der Waals surface area (Å²) < 4.78 is 11.7. The number of hydrogen-bond donors (Lipinski definition) is 0. The van der Waals surface area contributed by atoms with Gasteiger partial charge in [0.15, 0.2) is 0 Å². The molecule has 1 heterocycles. The number of rotatable bonds is 18. The Hall–Kier alpha value is -2.33. The summed E-state index contributed by atoms with van der Waals surface area (Å²) in [7, 11) is 0. The van der Waals surface area contributed by atoms with Gasteiger partial charge in [-0.05, 0) is 55.0 Å². The molecule has 0 spiro atoms. The molecule has 3 aromatic rings. The van der Waals surface area contributed by atoms with E-state index in [4.69, 9.17) is 20.8 Å². The van der Waals surface area contributed by atoms with Gasteiger partial charge in [0, 0.05) is 16.1 Å². The van der Waals surface area contributed by atoms with Gasteiger partial charge in [-0.15, -0.1) is 10.2 Å². The zero-order valence-corrected chi connectivity index (χ0v) is 22.1. The molecule has 0 amide bonds. The molecule has 0 radical (unpaired) electrons. The van der Waals surface area contributed by atoms with E-state index in [-0.39, 0.29) is 0 Å². The molecule has 1 aromatic heterocycles. The summed E-state index contributed by atoms with van der Waals surface area (Å²) in [6.45, 7) is 3.04. The van der Waals surface area contributed by atoms with Gasteiger partial charge >= 0.3 is 0 Å². The summed E-state index contributed by atoms with van der Waals surface area (Å²) in [5, 5.41) is 8.99. The maximum Gasteiger partial charge on any atom is 0.248 e. The van der Waals surface area contributed by atoms with Crippen LogP contribution in [0.15, 0.2) is 52.9 Å². The molecule has 35 heavy (non-hydrogen) atoms. The van der Waals surface area contributed by atoms with Gasteiger partial charge < -0.3 is 9.15 Å². The molecule has 0 saturated carbocycles. The third-order valence-electron chi connectivity index (χ3n) is 6.38. The minimum atomic E-state index is 0.481. The van der Waals surface area contributed by atoms with E-state index in [1.165, 1.54) is 83.5 Å². The second kappa shape index (κ2) is 16.4. The van der Waals surface area contributed by atoms with E-state index >= 15 is 0 Å². The highest BCUT2D eigenvalue weighted by Crippen LogP contribution is 2.26. The van der Waals surface area contributed by atoms with Crippen LogP contribution >= 0.6 is 11.6 Å². The molecule has 4 nitrogen and oxygen atoms in total. The van der Waals surface area contributed by atoms with Crippen LogP contribution in [0.5, 0.6) is 5.75 Å². The van der Waals surface area contributed by atoms with Crippen molar-refractivity contribution in [2.24, 2.45) is 0 Å². The van der Waals surface area contributed by atoms with E-state index in [1.54, 1.807) is 0 Å². The van der Waals surface area contributed by atoms with Crippen LogP contribution in [0.4, 0.5) is 0 Å². The molecule has 0 aliphatic carbocycles. The normalized spacial score (nSPS) is 11.1. The Bertz CT molecular complexity index is 938. The zero-order valence-electron chi connectivity index (χ0n) is 21.3. The summed E-state index contributed by atoms with van der Waals surface area (Å²) in [5.41, 5.74) is 1.72. The Morgan fingerprint density at radius 1 is 0.600 bits per heavy atom. The van der Waals surface area contributed by atoms with Crippen LogP contribution in [0.25, 0.3) is 22.9 Å². The Kier molecular flexibility index (Phi) is 12.7. The first-order valence-electron chi connectivity index (χ1n) is 13.6. The van der Waals surface area contributed by atoms with E-state index in [9.17, 15) is 0 Å². The SMILES string of the molecule is CCCCCCCCCCCCCCCCOc1ccc(-c2nnc(-c3ccc(Cl)cc3)o2)cc1. The fraction of sp³-hybridized carbons (Fsp3) is 0.533. The summed E-state index contributed by atoms with van der Waals surface area (Å²) in [5.74, 6) is 1.85. The van der Waals surface area contributed by atoms with Crippen molar-refractivity contribution in [3.8, 4) is 28.7 Å². The first-order chi connectivity index (χ1) is 17.3. The molecule has 0 aliphatic rings. The predicted molar refractivity (Wildman–Crippen MR) is 146 cm³/mol. The molecule has 0 unspecified atom stereocenters. The van der Waals surface area contributed by atoms with E-state index < -0.39 is 0 Å². The number of halogens is 1. The molecular weight excluding hydrogens is 456 g/mol. The van der Waals surface area contributed by atoms with Crippen molar-refractivity contribution in [1.82, 2.24) is 10.2 Å². The lowest BCUT2D eigenvalue weighted by molar-refractivity contribution is 0.304. The van der Waals surface area contributed by atoms with Gasteiger partial charge in [-0.25, -0.2) is 0 Å². The van der Waals surface area contributed by atoms with Crippen molar-refractivity contribution < 1.29 is 9.15 Å². The van der Waals surface area contributed by atoms with E-state index in [0.29, 0.717) is 16.8 Å². The van der Waals surface area contributed by atoms with E-state index in [2.05, 4.69) is 17.1 Å². The molecule has 0 fully saturated rings. The van der Waals surface area contributed by atoms with Crippen LogP contribution in [0, 0.1) is 0 Å². The molecular formula is C30H41ClN2O2. The van der Waals surface area contributed by atoms with Gasteiger partial charge in [0.05, 0.1) is 6.61 Å². The number of benzene rings is 2. The van der Waals surface area contributed by atoms with Crippen molar-refractivity contribution in [3.05, 3.63) is 53.6 Å². The molecule has 3 rings (SSSR count). The lowest BCUT2D eigenvalue weighted by atomic mass is 10.0. The summed E-state index contributed by atoms with van der Waals surface area (Å²) in [6, 6.07) is 15.2. The van der Waals surface area contributed by atoms with Crippen LogP contribution in [0.2, 0.25) is 5.02 Å². The van der Waals surface area contributed by atoms with Crippen LogP contribution in [0.1, 0.15) is 96.8 Å². The van der Waals surface area contributed by atoms with Crippen LogP contribution in [-0.2, 0) is 0 Å². The highest BCUT2D eigenvalue weighted by molar-refractivity contribution is 6.30. The van der Waals surface area contributed by atoms with Crippen molar-refractivity contribution in [3.63, 3.8) is 0 Å². The first kappa shape index (κ1) is 27.3. The van der Waals surface area contributed by atoms with Crippen molar-refractivity contribution in [2.75, 3.05) is 6.61 Å². The van der Waals surface area contributed by atoms with Crippen LogP contribution in [0.3, 0.4) is 0 Å². The highest BCUT2D eigenvalue weighted by atomic mass is 35.5. The number of aromatic nitrogens is 2. The number of hydrogen-bond acceptors (Lipinski definition) is 4. The van der Waals surface area contributed by atoms with Gasteiger partial charge in [-0.2, -0.15) is 0 Å². The largest absolute Gasteiger partial charge is 0.494 e. The molecule has 2 aromatic carbocycles. The van der Waals surface area contributed by atoms with Gasteiger partial charge in [0.1, 0.15) is 5.75 Å². The average molecular weight is 497 g/mol. The average Bonchev–Trinajstić information content (AvgIpc) is 3.37. The summed E-state index contributed by atoms with van der Waals surface area (Å²) in [6.07, 6.45) is 19.1. The molecule has 0 aliphatic heterocycles. The second-order valence-corrected chi connectivity index (χ2v) is 9.82. The molecule has 0 N–H and O–H groups in total. The Labute approximate surface area is 216 Å². The maximum absolute atomic E-state index is 5.94. The third-order valence-corrected chi connectivity index (χ3v) is 6.64. The Balaban J connectivity index is 1.22. The van der Waals surface area contributed by atoms with Gasteiger partial charge in [0.25, 0.3) is 0 Å². The fourth-order valence-corrected chi connectivity index (χ4v) is 4.36. The van der Waals surface area contributed by atoms with Crippen molar-refractivity contribution in [1.29, 1.82) is 0 Å². The highest BCUT2D eigenvalue weighted by Gasteiger charge is 2.10. The third kappa shape index (κ3) is 10.4. The van der Waals surface area contributed by atoms with Crippen LogP contribution in [-0.4, -0.2) is 16.8 Å². The molecule has 5 heteroatoms. The Morgan fingerprint density at radius 2 is 1.03 bits per heavy atom. The molecule has 0 saturated heterocycles. The molecule has 0 atom stereocenters. The minimum Gasteiger partial charge on any atom is -0.494 e. The maximum atomic E-state index is 5.94. The topological polar surface area (TPSA) is 48.2 Å². The quantitative estimate of drug-likeness (QED) is 0.164. The Morgan fingerprint density at radius 3 is 1.51 bits per heavy atom. The molecule has 0 bridgehead atoms. The summed E-state index contributed by atoms with van der Waals surface area (Å²) in [4.78, 5) is 0. The van der Waals surface area contributed by atoms with Gasteiger partial charge in [-0.3, -0.25) is 0 Å². The minimum absolute atomic E-state index is 0.481. The monoisotopic (exact) mass is 496 g/mol. The fourth-order valence-electron chi connectivity index (χ4n) is 4.23. The number of nitrogens with zero attached hydrogens (tertiary/aromatic N) is 2. The van der Waals surface area contributed by atoms with Crippen molar-refractivity contribution in [2.45, 2.75) is 96.8 Å². The van der Waals surface area contributed by atoms with Gasteiger partial charge in [-0.1, -0.05) is 102 Å². The molecule has 190 valence electrons. The lowest BCUT2D eigenvalue weighted by Crippen LogP contribution is -1.97. The lowest BCUT2D eigenvalue weighted by Gasteiger charge is -2.07.